The van der Waals surface area contributed by atoms with Crippen molar-refractivity contribution in [2.24, 2.45) is 0 Å². The van der Waals surface area contributed by atoms with Gasteiger partial charge in [0.2, 0.25) is 0 Å². The van der Waals surface area contributed by atoms with Gasteiger partial charge in [-0.1, -0.05) is 0 Å². The third kappa shape index (κ3) is 5.74. The van der Waals surface area contributed by atoms with Gasteiger partial charge in [0, 0.05) is 0 Å². The number of rotatable bonds is 4. The Morgan fingerprint density at radius 2 is 1.59 bits per heavy atom. The summed E-state index contributed by atoms with van der Waals surface area (Å²) in [5, 5.41) is 19.5. The lowest BCUT2D eigenvalue weighted by atomic mass is 9.98. The fourth-order valence-corrected chi connectivity index (χ4v) is 1.00. The second-order valence-electron chi connectivity index (χ2n) is 4.83. The molecular weight excluding hydrogens is 230 g/mol. The monoisotopic (exact) mass is 247 g/mol. The number of carboxylic acids is 2. The van der Waals surface area contributed by atoms with E-state index >= 15 is 0 Å². The number of alkyl carbamates (subject to hydrolysis) is 1. The zero-order valence-corrected chi connectivity index (χ0v) is 10.2. The fraction of sp³-hybridized carbons (Fsp3) is 0.700. The molecule has 1 atom stereocenters. The summed E-state index contributed by atoms with van der Waals surface area (Å²) in [4.78, 5) is 32.8. The van der Waals surface area contributed by atoms with Crippen LogP contribution in [0.15, 0.2) is 0 Å². The molecule has 0 radical (unpaired) electrons. The average Bonchev–Trinajstić information content (AvgIpc) is 1.96. The van der Waals surface area contributed by atoms with E-state index in [4.69, 9.17) is 14.9 Å². The molecule has 7 heteroatoms. The van der Waals surface area contributed by atoms with E-state index in [1.807, 2.05) is 5.32 Å². The molecule has 0 aliphatic rings. The largest absolute Gasteiger partial charge is 0.481 e. The number of nitrogens with one attached hydrogen (secondary N) is 1. The van der Waals surface area contributed by atoms with E-state index in [0.29, 0.717) is 0 Å². The molecule has 0 heterocycles. The molecule has 0 unspecified atom stereocenters. The van der Waals surface area contributed by atoms with E-state index in [9.17, 15) is 14.4 Å². The average molecular weight is 247 g/mol. The fourth-order valence-electron chi connectivity index (χ4n) is 1.00. The van der Waals surface area contributed by atoms with Crippen LogP contribution in [0, 0.1) is 0 Å². The summed E-state index contributed by atoms with van der Waals surface area (Å²) in [5.74, 6) is -2.77. The highest BCUT2D eigenvalue weighted by molar-refractivity contribution is 5.88. The number of carboxylic acid groups (broad SMARTS) is 2. The summed E-state index contributed by atoms with van der Waals surface area (Å²) in [5.41, 5.74) is -2.68. The Balaban J connectivity index is 4.72. The summed E-state index contributed by atoms with van der Waals surface area (Å²) in [6, 6.07) is 0. The van der Waals surface area contributed by atoms with Gasteiger partial charge >= 0.3 is 18.0 Å². The molecule has 0 rings (SSSR count). The minimum atomic E-state index is -1.89. The molecule has 98 valence electrons. The van der Waals surface area contributed by atoms with Gasteiger partial charge in [-0.25, -0.2) is 9.59 Å². The lowest BCUT2D eigenvalue weighted by molar-refractivity contribution is -0.150. The minimum absolute atomic E-state index is 0.735. The SMILES string of the molecule is CC(C)(C)OC(=O)N[C@](C)(CC(=O)O)C(=O)O. The number of hydrogen-bond acceptors (Lipinski definition) is 4. The van der Waals surface area contributed by atoms with Crippen LogP contribution in [0.25, 0.3) is 0 Å². The molecule has 0 spiro atoms. The van der Waals surface area contributed by atoms with Crippen molar-refractivity contribution in [3.63, 3.8) is 0 Å². The van der Waals surface area contributed by atoms with E-state index in [-0.39, 0.29) is 0 Å². The van der Waals surface area contributed by atoms with E-state index in [1.54, 1.807) is 20.8 Å². The van der Waals surface area contributed by atoms with Crippen LogP contribution in [-0.4, -0.2) is 39.4 Å². The number of amides is 1. The number of ether oxygens (including phenoxy) is 1. The molecule has 0 saturated carbocycles. The highest BCUT2D eigenvalue weighted by Crippen LogP contribution is 2.13. The summed E-state index contributed by atoms with van der Waals surface area (Å²) < 4.78 is 4.86. The van der Waals surface area contributed by atoms with Crippen LogP contribution in [0.4, 0.5) is 4.79 Å². The van der Waals surface area contributed by atoms with Crippen LogP contribution in [0.3, 0.4) is 0 Å². The number of carbonyl (C=O) groups excluding carboxylic acids is 1. The van der Waals surface area contributed by atoms with Gasteiger partial charge in [0.1, 0.15) is 11.1 Å². The molecule has 3 N–H and O–H groups in total. The molecule has 0 bridgehead atoms. The molecule has 0 aromatic rings. The van der Waals surface area contributed by atoms with Gasteiger partial charge in [0.25, 0.3) is 0 Å². The van der Waals surface area contributed by atoms with E-state index in [2.05, 4.69) is 0 Å². The summed E-state index contributed by atoms with van der Waals surface area (Å²) in [7, 11) is 0. The molecule has 0 aliphatic carbocycles. The van der Waals surface area contributed by atoms with Gasteiger partial charge in [-0.3, -0.25) is 4.79 Å². The zero-order chi connectivity index (χ0) is 13.9. The van der Waals surface area contributed by atoms with Crippen LogP contribution in [0.2, 0.25) is 0 Å². The number of hydrogen-bond donors (Lipinski definition) is 3. The smallest absolute Gasteiger partial charge is 0.408 e. The Kier molecular flexibility index (Phi) is 4.50. The first-order chi connectivity index (χ1) is 7.46. The molecule has 17 heavy (non-hydrogen) atoms. The minimum Gasteiger partial charge on any atom is -0.481 e. The predicted molar refractivity (Wildman–Crippen MR) is 57.7 cm³/mol. The normalized spacial score (nSPS) is 14.6. The quantitative estimate of drug-likeness (QED) is 0.678. The molecule has 0 fully saturated rings. The topological polar surface area (TPSA) is 113 Å². The maximum absolute atomic E-state index is 11.4. The summed E-state index contributed by atoms with van der Waals surface area (Å²) in [6.45, 7) is 5.94. The van der Waals surface area contributed by atoms with E-state index in [0.717, 1.165) is 6.92 Å². The summed E-state index contributed by atoms with van der Waals surface area (Å²) in [6.07, 6.45) is -1.70. The predicted octanol–water partition coefficient (Wildman–Crippen LogP) is 0.829. The summed E-state index contributed by atoms with van der Waals surface area (Å²) >= 11 is 0. The van der Waals surface area contributed by atoms with Crippen LogP contribution in [-0.2, 0) is 14.3 Å². The first-order valence-corrected chi connectivity index (χ1v) is 4.92. The van der Waals surface area contributed by atoms with Gasteiger partial charge in [0.15, 0.2) is 0 Å². The maximum Gasteiger partial charge on any atom is 0.408 e. The van der Waals surface area contributed by atoms with Crippen molar-refractivity contribution in [1.82, 2.24) is 5.32 Å². The van der Waals surface area contributed by atoms with Crippen LogP contribution >= 0.6 is 0 Å². The third-order valence-electron chi connectivity index (χ3n) is 1.75. The van der Waals surface area contributed by atoms with Crippen molar-refractivity contribution < 1.29 is 29.3 Å². The van der Waals surface area contributed by atoms with Crippen LogP contribution in [0.5, 0.6) is 0 Å². The molecule has 1 amide bonds. The van der Waals surface area contributed by atoms with Gasteiger partial charge in [0.05, 0.1) is 6.42 Å². The molecule has 0 aromatic heterocycles. The van der Waals surface area contributed by atoms with Gasteiger partial charge < -0.3 is 20.3 Å². The first-order valence-electron chi connectivity index (χ1n) is 4.92. The Morgan fingerprint density at radius 1 is 1.12 bits per heavy atom. The second kappa shape index (κ2) is 5.03. The molecule has 0 aliphatic heterocycles. The molecule has 0 aromatic carbocycles. The number of carbonyl (C=O) groups is 3. The zero-order valence-electron chi connectivity index (χ0n) is 10.2. The van der Waals surface area contributed by atoms with Crippen molar-refractivity contribution in [3.05, 3.63) is 0 Å². The number of aliphatic carboxylic acids is 2. The Labute approximate surface area is 98.8 Å². The van der Waals surface area contributed by atoms with Crippen molar-refractivity contribution in [2.45, 2.75) is 45.3 Å². The van der Waals surface area contributed by atoms with E-state index < -0.39 is 35.6 Å². The van der Waals surface area contributed by atoms with Crippen LogP contribution < -0.4 is 5.32 Å². The van der Waals surface area contributed by atoms with Crippen molar-refractivity contribution in [2.75, 3.05) is 0 Å². The lowest BCUT2D eigenvalue weighted by Gasteiger charge is -2.27. The Hall–Kier alpha value is -1.79. The third-order valence-corrected chi connectivity index (χ3v) is 1.75. The lowest BCUT2D eigenvalue weighted by Crippen LogP contribution is -2.54. The Bertz CT molecular complexity index is 332. The Morgan fingerprint density at radius 3 is 1.88 bits per heavy atom. The highest BCUT2D eigenvalue weighted by Gasteiger charge is 2.38. The molecular formula is C10H17NO6. The maximum atomic E-state index is 11.4. The van der Waals surface area contributed by atoms with E-state index in [1.165, 1.54) is 0 Å². The molecule has 0 saturated heterocycles. The van der Waals surface area contributed by atoms with Gasteiger partial charge in [-0.05, 0) is 27.7 Å². The molecule has 7 nitrogen and oxygen atoms in total. The highest BCUT2D eigenvalue weighted by atomic mass is 16.6. The van der Waals surface area contributed by atoms with Gasteiger partial charge in [-0.2, -0.15) is 0 Å². The second-order valence-corrected chi connectivity index (χ2v) is 4.83. The van der Waals surface area contributed by atoms with Crippen molar-refractivity contribution >= 4 is 18.0 Å². The first kappa shape index (κ1) is 15.2. The van der Waals surface area contributed by atoms with Crippen molar-refractivity contribution in [3.8, 4) is 0 Å². The standard InChI is InChI=1S/C10H17NO6/c1-9(2,3)17-8(16)11-10(4,7(14)15)5-6(12)13/h5H2,1-4H3,(H,11,16)(H,12,13)(H,14,15)/t10-/m1/s1. The van der Waals surface area contributed by atoms with Crippen molar-refractivity contribution in [1.29, 1.82) is 0 Å². The van der Waals surface area contributed by atoms with Gasteiger partial charge in [-0.15, -0.1) is 0 Å². The van der Waals surface area contributed by atoms with Crippen LogP contribution in [0.1, 0.15) is 34.1 Å².